The fourth-order valence-electron chi connectivity index (χ4n) is 5.89. The molecule has 0 aromatic heterocycles. The molecule has 278 valence electrons. The van der Waals surface area contributed by atoms with E-state index in [4.69, 9.17) is 0 Å². The lowest BCUT2D eigenvalue weighted by Gasteiger charge is -2.18. The van der Waals surface area contributed by atoms with Crippen LogP contribution < -0.4 is 10.7 Å². The number of nitrogens with zero attached hydrogens (tertiary/aromatic N) is 3. The second-order valence-corrected chi connectivity index (χ2v) is 16.2. The quantitative estimate of drug-likeness (QED) is 0.0479. The SMILES string of the molecule is O=C1/C(=N/Nc2ccc(N=Nc3cc(S(=O)(=O)O)cc4cc(S(=O)(=O)O)cc(O)c34)c3ccccc23)C(S(=O)(=O)O)=Cc2cc(Nc3ccccc3)ccc21. The Morgan fingerprint density at radius 2 is 1.24 bits per heavy atom. The summed E-state index contributed by atoms with van der Waals surface area (Å²) in [5.41, 5.74) is 4.00. The maximum absolute atomic E-state index is 13.6. The summed E-state index contributed by atoms with van der Waals surface area (Å²) in [6.07, 6.45) is 1.15. The summed E-state index contributed by atoms with van der Waals surface area (Å²) in [6.45, 7) is 0. The third kappa shape index (κ3) is 7.55. The average Bonchev–Trinajstić information content (AvgIpc) is 3.12. The molecular formula is C36H25N5O11S3. The molecule has 6 N–H and O–H groups in total. The fraction of sp³-hybridized carbons (Fsp3) is 0. The molecule has 6 aromatic rings. The third-order valence-electron chi connectivity index (χ3n) is 8.38. The van der Waals surface area contributed by atoms with Crippen LogP contribution in [0.1, 0.15) is 15.9 Å². The van der Waals surface area contributed by atoms with Gasteiger partial charge < -0.3 is 10.4 Å². The number of allylic oxidation sites excluding steroid dienone is 1. The van der Waals surface area contributed by atoms with E-state index in [9.17, 15) is 48.8 Å². The van der Waals surface area contributed by atoms with E-state index in [0.29, 0.717) is 16.5 Å². The van der Waals surface area contributed by atoms with Crippen molar-refractivity contribution in [2.24, 2.45) is 15.3 Å². The van der Waals surface area contributed by atoms with Crippen LogP contribution in [0, 0.1) is 0 Å². The minimum Gasteiger partial charge on any atom is -0.507 e. The number of carbonyl (C=O) groups excluding carboxylic acids is 1. The van der Waals surface area contributed by atoms with Crippen molar-refractivity contribution in [1.29, 1.82) is 0 Å². The first-order valence-electron chi connectivity index (χ1n) is 15.7. The molecule has 6 aromatic carbocycles. The third-order valence-corrected chi connectivity index (χ3v) is 10.9. The van der Waals surface area contributed by atoms with Crippen LogP contribution in [0.2, 0.25) is 0 Å². The highest BCUT2D eigenvalue weighted by molar-refractivity contribution is 7.91. The summed E-state index contributed by atoms with van der Waals surface area (Å²) in [5.74, 6) is -1.46. The molecule has 0 unspecified atom stereocenters. The number of hydrazone groups is 1. The van der Waals surface area contributed by atoms with Crippen molar-refractivity contribution in [3.05, 3.63) is 125 Å². The Balaban J connectivity index is 1.26. The molecule has 0 heterocycles. The molecule has 7 rings (SSSR count). The second-order valence-electron chi connectivity index (χ2n) is 12.0. The lowest BCUT2D eigenvalue weighted by Crippen LogP contribution is -2.27. The average molecular weight is 800 g/mol. The van der Waals surface area contributed by atoms with Crippen molar-refractivity contribution in [3.8, 4) is 5.75 Å². The highest BCUT2D eigenvalue weighted by Crippen LogP contribution is 2.40. The zero-order valence-corrected chi connectivity index (χ0v) is 30.1. The van der Waals surface area contributed by atoms with E-state index in [1.807, 2.05) is 30.3 Å². The molecule has 0 spiro atoms. The summed E-state index contributed by atoms with van der Waals surface area (Å²) in [5, 5.41) is 26.8. The van der Waals surface area contributed by atoms with Gasteiger partial charge in [-0.2, -0.15) is 30.4 Å². The number of ketones is 1. The molecule has 1 aliphatic rings. The van der Waals surface area contributed by atoms with Crippen LogP contribution in [0.15, 0.2) is 139 Å². The molecule has 0 aliphatic heterocycles. The first kappa shape index (κ1) is 37.0. The van der Waals surface area contributed by atoms with Crippen LogP contribution in [0.25, 0.3) is 27.6 Å². The number of aromatic hydroxyl groups is 1. The summed E-state index contributed by atoms with van der Waals surface area (Å²) in [7, 11) is -14.6. The smallest absolute Gasteiger partial charge is 0.296 e. The van der Waals surface area contributed by atoms with Crippen LogP contribution in [0.3, 0.4) is 0 Å². The van der Waals surface area contributed by atoms with Crippen molar-refractivity contribution in [3.63, 3.8) is 0 Å². The Kier molecular flexibility index (Phi) is 9.29. The fourth-order valence-corrected chi connectivity index (χ4v) is 7.62. The molecule has 0 saturated heterocycles. The van der Waals surface area contributed by atoms with E-state index < -0.39 is 62.3 Å². The first-order valence-corrected chi connectivity index (χ1v) is 20.0. The zero-order valence-electron chi connectivity index (χ0n) is 27.7. The van der Waals surface area contributed by atoms with Crippen molar-refractivity contribution >= 4 is 97.9 Å². The number of hydrogen-bond donors (Lipinski definition) is 6. The van der Waals surface area contributed by atoms with Gasteiger partial charge >= 0.3 is 0 Å². The molecule has 19 heteroatoms. The van der Waals surface area contributed by atoms with E-state index in [2.05, 4.69) is 26.1 Å². The predicted octanol–water partition coefficient (Wildman–Crippen LogP) is 7.24. The van der Waals surface area contributed by atoms with E-state index >= 15 is 0 Å². The number of benzene rings is 6. The van der Waals surface area contributed by atoms with E-state index in [-0.39, 0.29) is 39.0 Å². The van der Waals surface area contributed by atoms with Crippen molar-refractivity contribution < 1.29 is 48.8 Å². The second kappa shape index (κ2) is 13.8. The normalized spacial score (nSPS) is 14.3. The highest BCUT2D eigenvalue weighted by atomic mass is 32.2. The highest BCUT2D eigenvalue weighted by Gasteiger charge is 2.33. The predicted molar refractivity (Wildman–Crippen MR) is 204 cm³/mol. The number of carbonyl (C=O) groups is 1. The minimum atomic E-state index is -4.94. The van der Waals surface area contributed by atoms with Gasteiger partial charge in [0, 0.05) is 33.8 Å². The lowest BCUT2D eigenvalue weighted by molar-refractivity contribution is 0.106. The van der Waals surface area contributed by atoms with Crippen LogP contribution in [0.5, 0.6) is 5.75 Å². The maximum Gasteiger partial charge on any atom is 0.296 e. The lowest BCUT2D eigenvalue weighted by atomic mass is 9.94. The monoisotopic (exact) mass is 799 g/mol. The summed E-state index contributed by atoms with van der Waals surface area (Å²) >= 11 is 0. The number of Topliss-reactive ketones (excluding diaryl/α,β-unsaturated/α-hetero) is 1. The van der Waals surface area contributed by atoms with Gasteiger partial charge in [-0.15, -0.1) is 10.2 Å². The Bertz CT molecular complexity index is 3040. The molecule has 0 saturated carbocycles. The van der Waals surface area contributed by atoms with Gasteiger partial charge in [-0.25, -0.2) is 0 Å². The van der Waals surface area contributed by atoms with Crippen molar-refractivity contribution in [2.45, 2.75) is 9.79 Å². The number of rotatable bonds is 9. The van der Waals surface area contributed by atoms with Crippen LogP contribution >= 0.6 is 0 Å². The molecule has 0 radical (unpaired) electrons. The van der Waals surface area contributed by atoms with Gasteiger partial charge in [0.2, 0.25) is 5.78 Å². The van der Waals surface area contributed by atoms with Gasteiger partial charge in [0.15, 0.2) is 5.71 Å². The molecule has 0 atom stereocenters. The topological polar surface area (TPSA) is 262 Å². The van der Waals surface area contributed by atoms with E-state index in [1.54, 1.807) is 36.4 Å². The number of azo groups is 1. The van der Waals surface area contributed by atoms with Gasteiger partial charge in [0.05, 0.1) is 32.2 Å². The molecular weight excluding hydrogens is 775 g/mol. The summed E-state index contributed by atoms with van der Waals surface area (Å²) < 4.78 is 102. The number of phenolic OH excluding ortho intramolecular Hbond substituents is 1. The Labute approximate surface area is 312 Å². The summed E-state index contributed by atoms with van der Waals surface area (Å²) in [4.78, 5) is 11.5. The van der Waals surface area contributed by atoms with Crippen LogP contribution in [-0.4, -0.2) is 55.5 Å². The van der Waals surface area contributed by atoms with Crippen LogP contribution in [0.4, 0.5) is 28.4 Å². The van der Waals surface area contributed by atoms with Gasteiger partial charge in [0.1, 0.15) is 10.7 Å². The number of anilines is 3. The molecule has 1 aliphatic carbocycles. The number of nitrogens with one attached hydrogen (secondary N) is 2. The zero-order chi connectivity index (χ0) is 39.3. The summed E-state index contributed by atoms with van der Waals surface area (Å²) in [6, 6.07) is 26.8. The van der Waals surface area contributed by atoms with Gasteiger partial charge in [0.25, 0.3) is 30.4 Å². The molecule has 0 bridgehead atoms. The maximum atomic E-state index is 13.6. The Morgan fingerprint density at radius 1 is 0.600 bits per heavy atom. The Morgan fingerprint density at radius 3 is 1.91 bits per heavy atom. The number of hydrogen-bond acceptors (Lipinski definition) is 13. The molecule has 16 nitrogen and oxygen atoms in total. The van der Waals surface area contributed by atoms with Crippen molar-refractivity contribution in [1.82, 2.24) is 0 Å². The number of fused-ring (bicyclic) bond motifs is 3. The first-order chi connectivity index (χ1) is 26.0. The molecule has 0 amide bonds. The number of phenols is 1. The van der Waals surface area contributed by atoms with Gasteiger partial charge in [-0.3, -0.25) is 23.9 Å². The Hall–Kier alpha value is -6.35. The van der Waals surface area contributed by atoms with E-state index in [1.165, 1.54) is 18.2 Å². The van der Waals surface area contributed by atoms with Crippen molar-refractivity contribution in [2.75, 3.05) is 10.7 Å². The molecule has 55 heavy (non-hydrogen) atoms. The van der Waals surface area contributed by atoms with Crippen LogP contribution in [-0.2, 0) is 30.4 Å². The molecule has 0 fully saturated rings. The number of para-hydroxylation sites is 1. The van der Waals surface area contributed by atoms with Gasteiger partial charge in [-0.1, -0.05) is 42.5 Å². The standard InChI is InChI=1S/C36H25N5O11S3/c42-32-19-25(54(47,48)49)16-21-15-24(53(44,45)46)18-31(34(21)32)40-38-29-12-13-30(28-9-5-4-8-27(28)29)39-41-35-33(55(50,51)52)17-20-14-23(10-11-26(20)36(35)43)37-22-6-2-1-3-7-22/h1-19,37,39,42H,(H,44,45,46)(H,47,48,49)(H,50,51,52)/b40-38?,41-35+. The van der Waals surface area contributed by atoms with Gasteiger partial charge in [-0.05, 0) is 77.7 Å². The minimum absolute atomic E-state index is 0.137. The van der Waals surface area contributed by atoms with E-state index in [0.717, 1.165) is 36.0 Å². The largest absolute Gasteiger partial charge is 0.507 e.